The third-order valence-corrected chi connectivity index (χ3v) is 4.83. The van der Waals surface area contributed by atoms with E-state index in [0.29, 0.717) is 19.0 Å². The Morgan fingerprint density at radius 3 is 2.52 bits per heavy atom. The van der Waals surface area contributed by atoms with Crippen LogP contribution in [-0.2, 0) is 16.4 Å². The van der Waals surface area contributed by atoms with Crippen molar-refractivity contribution < 1.29 is 13.2 Å². The first-order chi connectivity index (χ1) is 12.9. The minimum atomic E-state index is -3.66. The van der Waals surface area contributed by atoms with Crippen LogP contribution >= 0.6 is 0 Å². The molecule has 0 aliphatic carbocycles. The maximum atomic E-state index is 12.0. The summed E-state index contributed by atoms with van der Waals surface area (Å²) in [6, 6.07) is 9.51. The average molecular weight is 386 g/mol. The van der Waals surface area contributed by atoms with E-state index >= 15 is 0 Å². The fourth-order valence-electron chi connectivity index (χ4n) is 2.57. The van der Waals surface area contributed by atoms with Crippen LogP contribution in [0.4, 0.5) is 5.95 Å². The lowest BCUT2D eigenvalue weighted by Gasteiger charge is -2.22. The molecule has 0 N–H and O–H groups in total. The third-order valence-electron chi connectivity index (χ3n) is 3.98. The van der Waals surface area contributed by atoms with E-state index in [4.69, 9.17) is 4.74 Å². The van der Waals surface area contributed by atoms with Gasteiger partial charge in [0.2, 0.25) is 15.8 Å². The first kappa shape index (κ1) is 18.6. The van der Waals surface area contributed by atoms with Gasteiger partial charge in [0.1, 0.15) is 17.4 Å². The largest absolute Gasteiger partial charge is 0.497 e. The van der Waals surface area contributed by atoms with Gasteiger partial charge in [-0.25, -0.2) is 8.42 Å². The van der Waals surface area contributed by atoms with E-state index in [9.17, 15) is 13.7 Å². The van der Waals surface area contributed by atoms with Crippen LogP contribution in [0.3, 0.4) is 0 Å². The lowest BCUT2D eigenvalue weighted by atomic mass is 10.2. The van der Waals surface area contributed by atoms with Crippen LogP contribution in [0.5, 0.6) is 5.75 Å². The fourth-order valence-corrected chi connectivity index (χ4v) is 3.07. The minimum absolute atomic E-state index is 0.163. The molecule has 0 saturated heterocycles. The zero-order valence-electron chi connectivity index (χ0n) is 15.1. The number of anilines is 1. The van der Waals surface area contributed by atoms with Crippen molar-refractivity contribution in [3.05, 3.63) is 41.6 Å². The second-order valence-corrected chi connectivity index (χ2v) is 7.76. The van der Waals surface area contributed by atoms with E-state index in [1.54, 1.807) is 7.11 Å². The molecule has 0 radical (unpaired) electrons. The summed E-state index contributed by atoms with van der Waals surface area (Å²) < 4.78 is 30.6. The quantitative estimate of drug-likeness (QED) is 0.625. The van der Waals surface area contributed by atoms with Gasteiger partial charge in [0, 0.05) is 19.3 Å². The number of hydrogen-bond acceptors (Lipinski definition) is 8. The highest BCUT2D eigenvalue weighted by atomic mass is 32.2. The maximum absolute atomic E-state index is 12.0. The minimum Gasteiger partial charge on any atom is -0.497 e. The number of fused-ring (bicyclic) bond motifs is 1. The Morgan fingerprint density at radius 2 is 1.96 bits per heavy atom. The summed E-state index contributed by atoms with van der Waals surface area (Å²) >= 11 is 0. The van der Waals surface area contributed by atoms with Crippen LogP contribution in [0, 0.1) is 11.3 Å². The summed E-state index contributed by atoms with van der Waals surface area (Å²) in [5.41, 5.74) is 1.33. The summed E-state index contributed by atoms with van der Waals surface area (Å²) in [6.07, 6.45) is 2.38. The van der Waals surface area contributed by atoms with Crippen molar-refractivity contribution in [1.82, 2.24) is 19.6 Å². The van der Waals surface area contributed by atoms with Crippen LogP contribution < -0.4 is 9.64 Å². The summed E-state index contributed by atoms with van der Waals surface area (Å²) in [5, 5.41) is 13.1. The number of hydrogen-bond donors (Lipinski definition) is 0. The highest BCUT2D eigenvalue weighted by Gasteiger charge is 2.21. The Morgan fingerprint density at radius 1 is 1.26 bits per heavy atom. The Kier molecular flexibility index (Phi) is 4.96. The van der Waals surface area contributed by atoms with Crippen molar-refractivity contribution >= 4 is 21.4 Å². The molecule has 0 aliphatic heterocycles. The second kappa shape index (κ2) is 7.20. The molecule has 140 valence electrons. The van der Waals surface area contributed by atoms with Gasteiger partial charge < -0.3 is 9.64 Å². The second-order valence-electron chi connectivity index (χ2n) is 5.85. The van der Waals surface area contributed by atoms with Crippen LogP contribution in [-0.4, -0.2) is 47.9 Å². The van der Waals surface area contributed by atoms with Gasteiger partial charge in [-0.05, 0) is 24.6 Å². The van der Waals surface area contributed by atoms with E-state index in [1.165, 1.54) is 10.7 Å². The molecule has 0 atom stereocenters. The van der Waals surface area contributed by atoms with Gasteiger partial charge >= 0.3 is 0 Å². The molecule has 0 amide bonds. The van der Waals surface area contributed by atoms with E-state index in [0.717, 1.165) is 17.6 Å². The summed E-state index contributed by atoms with van der Waals surface area (Å²) in [4.78, 5) is 10.1. The number of aromatic nitrogens is 4. The lowest BCUT2D eigenvalue weighted by Crippen LogP contribution is -2.27. The molecule has 10 heteroatoms. The van der Waals surface area contributed by atoms with E-state index < -0.39 is 9.84 Å². The molecule has 3 rings (SSSR count). The van der Waals surface area contributed by atoms with Gasteiger partial charge in [0.25, 0.3) is 5.16 Å². The SMILES string of the molecule is CCN(Cc1ccc(OC)cc1)c1nc(S(C)(=O)=O)nc2c(C#N)cnn12. The maximum Gasteiger partial charge on any atom is 0.252 e. The van der Waals surface area contributed by atoms with Gasteiger partial charge in [0.05, 0.1) is 13.3 Å². The van der Waals surface area contributed by atoms with Gasteiger partial charge in [-0.3, -0.25) is 0 Å². The Balaban J connectivity index is 2.11. The van der Waals surface area contributed by atoms with Crippen molar-refractivity contribution in [2.75, 3.05) is 24.8 Å². The van der Waals surface area contributed by atoms with Crippen molar-refractivity contribution in [1.29, 1.82) is 5.26 Å². The third kappa shape index (κ3) is 3.68. The molecule has 0 bridgehead atoms. The smallest absolute Gasteiger partial charge is 0.252 e. The molecule has 0 spiro atoms. The van der Waals surface area contributed by atoms with Gasteiger partial charge in [0.15, 0.2) is 5.65 Å². The lowest BCUT2D eigenvalue weighted by molar-refractivity contribution is 0.414. The first-order valence-electron chi connectivity index (χ1n) is 8.11. The number of benzene rings is 1. The van der Waals surface area contributed by atoms with Gasteiger partial charge in [-0.2, -0.15) is 24.8 Å². The summed E-state index contributed by atoms with van der Waals surface area (Å²) in [6.45, 7) is 2.94. The van der Waals surface area contributed by atoms with Crippen LogP contribution in [0.2, 0.25) is 0 Å². The van der Waals surface area contributed by atoms with E-state index in [-0.39, 0.29) is 16.4 Å². The molecule has 0 aliphatic rings. The molecule has 2 aromatic heterocycles. The fraction of sp³-hybridized carbons (Fsp3) is 0.294. The Bertz CT molecular complexity index is 1120. The number of methoxy groups -OCH3 is 1. The molecule has 0 fully saturated rings. The average Bonchev–Trinajstić information content (AvgIpc) is 3.08. The number of rotatable bonds is 6. The van der Waals surface area contributed by atoms with Crippen molar-refractivity contribution in [3.63, 3.8) is 0 Å². The molecule has 0 unspecified atom stereocenters. The number of ether oxygens (including phenoxy) is 1. The predicted octanol–water partition coefficient (Wildman–Crippen LogP) is 1.43. The highest BCUT2D eigenvalue weighted by molar-refractivity contribution is 7.90. The van der Waals surface area contributed by atoms with Gasteiger partial charge in [-0.15, -0.1) is 0 Å². The summed E-state index contributed by atoms with van der Waals surface area (Å²) in [7, 11) is -2.06. The normalized spacial score (nSPS) is 11.3. The number of sulfone groups is 1. The van der Waals surface area contributed by atoms with E-state index in [1.807, 2.05) is 42.2 Å². The predicted molar refractivity (Wildman–Crippen MR) is 98.3 cm³/mol. The van der Waals surface area contributed by atoms with E-state index in [2.05, 4.69) is 15.1 Å². The van der Waals surface area contributed by atoms with Crippen molar-refractivity contribution in [3.8, 4) is 11.8 Å². The molecular formula is C17H18N6O3S. The molecule has 27 heavy (non-hydrogen) atoms. The zero-order chi connectivity index (χ0) is 19.6. The first-order valence-corrected chi connectivity index (χ1v) is 10.00. The monoisotopic (exact) mass is 386 g/mol. The van der Waals surface area contributed by atoms with Crippen LogP contribution in [0.15, 0.2) is 35.6 Å². The number of nitriles is 1. The molecule has 1 aromatic carbocycles. The molecule has 0 saturated carbocycles. The topological polar surface area (TPSA) is 113 Å². The van der Waals surface area contributed by atoms with Crippen molar-refractivity contribution in [2.45, 2.75) is 18.6 Å². The van der Waals surface area contributed by atoms with Crippen LogP contribution in [0.25, 0.3) is 5.65 Å². The Hall–Kier alpha value is -3.19. The molecule has 9 nitrogen and oxygen atoms in total. The Labute approximate surface area is 156 Å². The number of nitrogens with zero attached hydrogens (tertiary/aromatic N) is 6. The van der Waals surface area contributed by atoms with Gasteiger partial charge in [-0.1, -0.05) is 12.1 Å². The standard InChI is InChI=1S/C17H18N6O3S/c1-4-22(11-12-5-7-14(26-2)8-6-12)17-21-16(27(3,24)25)20-15-13(9-18)10-19-23(15)17/h5-8,10H,4,11H2,1-3H3. The summed E-state index contributed by atoms with van der Waals surface area (Å²) in [5.74, 6) is 1.05. The zero-order valence-corrected chi connectivity index (χ0v) is 15.9. The highest BCUT2D eigenvalue weighted by Crippen LogP contribution is 2.21. The molecule has 3 aromatic rings. The van der Waals surface area contributed by atoms with Crippen LogP contribution in [0.1, 0.15) is 18.1 Å². The molecule has 2 heterocycles. The molecular weight excluding hydrogens is 368 g/mol. The van der Waals surface area contributed by atoms with Crippen molar-refractivity contribution in [2.24, 2.45) is 0 Å².